The molecule has 142 valence electrons. The zero-order chi connectivity index (χ0) is 19.7. The molecule has 1 aliphatic heterocycles. The molecule has 2 aromatic carbocycles. The third-order valence-corrected chi connectivity index (χ3v) is 5.03. The van der Waals surface area contributed by atoms with Gasteiger partial charge in [-0.2, -0.15) is 0 Å². The average molecular weight is 395 g/mol. The highest BCUT2D eigenvalue weighted by atomic mass is 35.5. The van der Waals surface area contributed by atoms with E-state index in [4.69, 9.17) is 16.3 Å². The number of carbonyl (C=O) groups excluding carboxylic acids is 1. The van der Waals surface area contributed by atoms with Gasteiger partial charge in [-0.15, -0.1) is 0 Å². The highest BCUT2D eigenvalue weighted by Crippen LogP contribution is 2.33. The first-order valence-electron chi connectivity index (χ1n) is 8.91. The van der Waals surface area contributed by atoms with Gasteiger partial charge in [0.1, 0.15) is 5.75 Å². The monoisotopic (exact) mass is 394 g/mol. The summed E-state index contributed by atoms with van der Waals surface area (Å²) in [5.74, 6) is 0.873. The molecule has 1 atom stereocenters. The number of aromatic nitrogens is 2. The standard InChI is InChI=1S/C21H19ClN4O2/c1-13-9-14-5-3-4-6-18(14)26(13)20(27)15-11-23-21(24-12-15)25-16-7-8-19(28-2)17(22)10-16/h3-8,10-13H,9H2,1-2H3,(H,23,24,25). The summed E-state index contributed by atoms with van der Waals surface area (Å²) in [6, 6.07) is 13.4. The number of methoxy groups -OCH3 is 1. The van der Waals surface area contributed by atoms with Crippen LogP contribution in [0.5, 0.6) is 5.75 Å². The molecular formula is C21H19ClN4O2. The number of carbonyl (C=O) groups is 1. The quantitative estimate of drug-likeness (QED) is 0.707. The van der Waals surface area contributed by atoms with Crippen LogP contribution in [0, 0.1) is 0 Å². The largest absolute Gasteiger partial charge is 0.495 e. The van der Waals surface area contributed by atoms with Gasteiger partial charge in [0.05, 0.1) is 17.7 Å². The summed E-state index contributed by atoms with van der Waals surface area (Å²) in [7, 11) is 1.56. The Labute approximate surface area is 168 Å². The fourth-order valence-electron chi connectivity index (χ4n) is 3.39. The lowest BCUT2D eigenvalue weighted by atomic mass is 10.1. The Balaban J connectivity index is 1.52. The second-order valence-corrected chi connectivity index (χ2v) is 7.03. The van der Waals surface area contributed by atoms with E-state index < -0.39 is 0 Å². The molecule has 0 radical (unpaired) electrons. The number of halogens is 1. The summed E-state index contributed by atoms with van der Waals surface area (Å²) in [6.07, 6.45) is 3.92. The lowest BCUT2D eigenvalue weighted by molar-refractivity contribution is 0.0981. The number of fused-ring (bicyclic) bond motifs is 1. The van der Waals surface area contributed by atoms with Crippen molar-refractivity contribution in [3.05, 3.63) is 71.0 Å². The Hall–Kier alpha value is -3.12. The maximum atomic E-state index is 13.0. The molecule has 0 spiro atoms. The second-order valence-electron chi connectivity index (χ2n) is 6.63. The topological polar surface area (TPSA) is 67.3 Å². The van der Waals surface area contributed by atoms with Gasteiger partial charge in [-0.1, -0.05) is 29.8 Å². The number of para-hydroxylation sites is 1. The first-order chi connectivity index (χ1) is 13.6. The molecule has 6 nitrogen and oxygen atoms in total. The Bertz CT molecular complexity index is 1020. The number of amides is 1. The zero-order valence-corrected chi connectivity index (χ0v) is 16.3. The van der Waals surface area contributed by atoms with E-state index in [2.05, 4.69) is 21.4 Å². The van der Waals surface area contributed by atoms with Crippen molar-refractivity contribution in [2.75, 3.05) is 17.3 Å². The van der Waals surface area contributed by atoms with Crippen molar-refractivity contribution in [3.8, 4) is 5.75 Å². The first-order valence-corrected chi connectivity index (χ1v) is 9.28. The predicted octanol–water partition coefficient (Wildman–Crippen LogP) is 4.47. The van der Waals surface area contributed by atoms with Crippen LogP contribution < -0.4 is 15.0 Å². The fraction of sp³-hybridized carbons (Fsp3) is 0.190. The fourth-order valence-corrected chi connectivity index (χ4v) is 3.65. The Morgan fingerprint density at radius 3 is 2.68 bits per heavy atom. The van der Waals surface area contributed by atoms with Crippen molar-refractivity contribution in [1.29, 1.82) is 0 Å². The van der Waals surface area contributed by atoms with E-state index in [1.165, 1.54) is 18.0 Å². The molecule has 2 heterocycles. The van der Waals surface area contributed by atoms with E-state index >= 15 is 0 Å². The molecular weight excluding hydrogens is 376 g/mol. The van der Waals surface area contributed by atoms with Crippen molar-refractivity contribution in [2.45, 2.75) is 19.4 Å². The van der Waals surface area contributed by atoms with E-state index in [9.17, 15) is 4.79 Å². The number of nitrogens with one attached hydrogen (secondary N) is 1. The van der Waals surface area contributed by atoms with Crippen LogP contribution in [0.3, 0.4) is 0 Å². The molecule has 0 saturated carbocycles. The average Bonchev–Trinajstić information content (AvgIpc) is 3.04. The summed E-state index contributed by atoms with van der Waals surface area (Å²) >= 11 is 6.13. The summed E-state index contributed by atoms with van der Waals surface area (Å²) in [5.41, 5.74) is 3.31. The minimum absolute atomic E-state index is 0.100. The van der Waals surface area contributed by atoms with Gasteiger partial charge in [0, 0.05) is 29.8 Å². The van der Waals surface area contributed by atoms with E-state index in [-0.39, 0.29) is 11.9 Å². The van der Waals surface area contributed by atoms with Crippen LogP contribution >= 0.6 is 11.6 Å². The molecule has 1 amide bonds. The van der Waals surface area contributed by atoms with Crippen molar-refractivity contribution in [3.63, 3.8) is 0 Å². The highest BCUT2D eigenvalue weighted by molar-refractivity contribution is 6.32. The van der Waals surface area contributed by atoms with Gasteiger partial charge in [-0.25, -0.2) is 9.97 Å². The van der Waals surface area contributed by atoms with Gasteiger partial charge in [0.15, 0.2) is 0 Å². The van der Waals surface area contributed by atoms with Crippen molar-refractivity contribution < 1.29 is 9.53 Å². The number of nitrogens with zero attached hydrogens (tertiary/aromatic N) is 3. The number of hydrogen-bond donors (Lipinski definition) is 1. The molecule has 0 bridgehead atoms. The van der Waals surface area contributed by atoms with Crippen LogP contribution in [0.15, 0.2) is 54.9 Å². The lowest BCUT2D eigenvalue weighted by Crippen LogP contribution is -2.35. The molecule has 1 aromatic heterocycles. The molecule has 3 aromatic rings. The van der Waals surface area contributed by atoms with Crippen LogP contribution in [0.2, 0.25) is 5.02 Å². The van der Waals surface area contributed by atoms with Gasteiger partial charge >= 0.3 is 0 Å². The molecule has 7 heteroatoms. The third-order valence-electron chi connectivity index (χ3n) is 4.73. The number of hydrogen-bond acceptors (Lipinski definition) is 5. The van der Waals surface area contributed by atoms with E-state index in [1.54, 1.807) is 19.2 Å². The van der Waals surface area contributed by atoms with E-state index in [0.29, 0.717) is 22.3 Å². The van der Waals surface area contributed by atoms with Crippen LogP contribution in [-0.4, -0.2) is 29.0 Å². The molecule has 28 heavy (non-hydrogen) atoms. The number of rotatable bonds is 4. The van der Waals surface area contributed by atoms with Gasteiger partial charge in [0.2, 0.25) is 5.95 Å². The van der Waals surface area contributed by atoms with Gasteiger partial charge < -0.3 is 15.0 Å². The minimum Gasteiger partial charge on any atom is -0.495 e. The molecule has 1 unspecified atom stereocenters. The van der Waals surface area contributed by atoms with Crippen LogP contribution in [0.25, 0.3) is 0 Å². The van der Waals surface area contributed by atoms with Crippen molar-refractivity contribution in [1.82, 2.24) is 9.97 Å². The van der Waals surface area contributed by atoms with E-state index in [1.807, 2.05) is 36.1 Å². The second kappa shape index (κ2) is 7.48. The van der Waals surface area contributed by atoms with Crippen molar-refractivity contribution >= 4 is 34.8 Å². The number of benzene rings is 2. The number of ether oxygens (including phenoxy) is 1. The molecule has 0 saturated heterocycles. The first kappa shape index (κ1) is 18.3. The normalized spacial score (nSPS) is 15.2. The zero-order valence-electron chi connectivity index (χ0n) is 15.5. The summed E-state index contributed by atoms with van der Waals surface area (Å²) in [6.45, 7) is 2.04. The lowest BCUT2D eigenvalue weighted by Gasteiger charge is -2.22. The predicted molar refractivity (Wildman–Crippen MR) is 110 cm³/mol. The third kappa shape index (κ3) is 3.39. The highest BCUT2D eigenvalue weighted by Gasteiger charge is 2.31. The molecule has 1 N–H and O–H groups in total. The summed E-state index contributed by atoms with van der Waals surface area (Å²) in [4.78, 5) is 23.4. The van der Waals surface area contributed by atoms with Gasteiger partial charge in [-0.05, 0) is 43.2 Å². The molecule has 4 rings (SSSR count). The van der Waals surface area contributed by atoms with Gasteiger partial charge in [-0.3, -0.25) is 4.79 Å². The maximum absolute atomic E-state index is 13.0. The van der Waals surface area contributed by atoms with Crippen LogP contribution in [0.1, 0.15) is 22.8 Å². The maximum Gasteiger partial charge on any atom is 0.261 e. The minimum atomic E-state index is -0.100. The van der Waals surface area contributed by atoms with Crippen molar-refractivity contribution in [2.24, 2.45) is 0 Å². The van der Waals surface area contributed by atoms with Crippen LogP contribution in [0.4, 0.5) is 17.3 Å². The number of anilines is 3. The smallest absolute Gasteiger partial charge is 0.261 e. The molecule has 0 aliphatic carbocycles. The Morgan fingerprint density at radius 2 is 1.96 bits per heavy atom. The Kier molecular flexibility index (Phi) is 4.88. The molecule has 0 fully saturated rings. The van der Waals surface area contributed by atoms with Gasteiger partial charge in [0.25, 0.3) is 5.91 Å². The molecule has 1 aliphatic rings. The summed E-state index contributed by atoms with van der Waals surface area (Å²) in [5, 5.41) is 3.56. The van der Waals surface area contributed by atoms with Crippen LogP contribution in [-0.2, 0) is 6.42 Å². The summed E-state index contributed by atoms with van der Waals surface area (Å²) < 4.78 is 5.14. The SMILES string of the molecule is COc1ccc(Nc2ncc(C(=O)N3c4ccccc4CC3C)cn2)cc1Cl. The van der Waals surface area contributed by atoms with E-state index in [0.717, 1.165) is 17.8 Å². The Morgan fingerprint density at radius 1 is 1.21 bits per heavy atom.